The molecule has 0 bridgehead atoms. The van der Waals surface area contributed by atoms with Gasteiger partial charge in [-0.05, 0) is 39.5 Å². The molecule has 0 fully saturated rings. The maximum atomic E-state index is 13.2. The van der Waals surface area contributed by atoms with Gasteiger partial charge >= 0.3 is 17.4 Å². The largest absolute Gasteiger partial charge is 0.692 e. The van der Waals surface area contributed by atoms with Gasteiger partial charge in [0.2, 0.25) is 5.69 Å². The van der Waals surface area contributed by atoms with Gasteiger partial charge in [-0.15, -0.1) is 4.85 Å². The first-order valence-corrected chi connectivity index (χ1v) is 11.8. The Morgan fingerprint density at radius 1 is 1.16 bits per heavy atom. The first kappa shape index (κ1) is 23.2. The van der Waals surface area contributed by atoms with Crippen LogP contribution in [0.2, 0.25) is 0 Å². The number of benzene rings is 2. The van der Waals surface area contributed by atoms with Gasteiger partial charge in [-0.2, -0.15) is 0 Å². The second kappa shape index (κ2) is 9.03. The van der Waals surface area contributed by atoms with E-state index in [1.54, 1.807) is 24.4 Å². The molecule has 1 amide bonds. The molecule has 6 rings (SSSR count). The lowest BCUT2D eigenvalue weighted by Gasteiger charge is -2.16. The topological polar surface area (TPSA) is 169 Å². The third kappa shape index (κ3) is 3.80. The molecule has 0 spiro atoms. The summed E-state index contributed by atoms with van der Waals surface area (Å²) in [6.45, 7) is 0. The number of esters is 1. The van der Waals surface area contributed by atoms with Crippen molar-refractivity contribution in [3.05, 3.63) is 87.7 Å². The first-order chi connectivity index (χ1) is 18.4. The van der Waals surface area contributed by atoms with Gasteiger partial charge in [0.05, 0.1) is 17.4 Å². The molecule has 0 radical (unpaired) electrons. The third-order valence-electron chi connectivity index (χ3n) is 6.62. The Labute approximate surface area is 214 Å². The van der Waals surface area contributed by atoms with Gasteiger partial charge in [-0.3, -0.25) is 9.42 Å². The van der Waals surface area contributed by atoms with Crippen LogP contribution in [0.25, 0.3) is 28.0 Å². The minimum Gasteiger partial charge on any atom is -0.692 e. The quantitative estimate of drug-likeness (QED) is 0.191. The summed E-state index contributed by atoms with van der Waals surface area (Å²) in [5, 5.41) is 36.5. The van der Waals surface area contributed by atoms with Crippen LogP contribution >= 0.6 is 0 Å². The van der Waals surface area contributed by atoms with Crippen LogP contribution in [0.5, 0.6) is 0 Å². The number of ether oxygens (including phenoxy) is 1. The van der Waals surface area contributed by atoms with E-state index in [1.165, 1.54) is 13.2 Å². The number of H-pyrrole nitrogens is 1. The molecule has 5 aromatic rings. The zero-order valence-corrected chi connectivity index (χ0v) is 20.1. The number of methoxy groups -OCH3 is 1. The maximum Gasteiger partial charge on any atom is 0.328 e. The molecule has 2 N–H and O–H groups in total. The zero-order chi connectivity index (χ0) is 26.4. The monoisotopic (exact) mass is 515 g/mol. The molecular formula is C25H21N7O6. The second-order valence-electron chi connectivity index (χ2n) is 8.85. The fourth-order valence-corrected chi connectivity index (χ4v) is 4.72. The van der Waals surface area contributed by atoms with Crippen LogP contribution < -0.4 is 15.1 Å². The predicted octanol–water partition coefficient (Wildman–Crippen LogP) is 0.888. The third-order valence-corrected chi connectivity index (χ3v) is 6.62. The standard InChI is InChI=1S/C25H21N7O6/c1-37-25(34)19(12-15-13-26-18-8-3-2-7-17(15)18)27-24(33)14-5-4-6-16(11-14)30-28-22-20(31(30)35)9-10-21-23(22)29-38-32(21)36/h2-8,11,13,19,26H,9-10,12H2,1H3,(H,27,33)/t19-/m0/s1. The van der Waals surface area contributed by atoms with Crippen molar-refractivity contribution in [3.63, 3.8) is 0 Å². The van der Waals surface area contributed by atoms with Crippen molar-refractivity contribution in [2.24, 2.45) is 0 Å². The van der Waals surface area contributed by atoms with Crippen molar-refractivity contribution in [2.45, 2.75) is 25.3 Å². The minimum atomic E-state index is -0.943. The Morgan fingerprint density at radius 3 is 2.82 bits per heavy atom. The lowest BCUT2D eigenvalue weighted by Crippen LogP contribution is -2.43. The van der Waals surface area contributed by atoms with Gasteiger partial charge in [0.25, 0.3) is 5.91 Å². The van der Waals surface area contributed by atoms with E-state index in [0.29, 0.717) is 26.8 Å². The Bertz CT molecular complexity index is 1700. The van der Waals surface area contributed by atoms with Crippen LogP contribution in [0.3, 0.4) is 0 Å². The highest BCUT2D eigenvalue weighted by molar-refractivity contribution is 5.97. The molecule has 0 saturated carbocycles. The summed E-state index contributed by atoms with van der Waals surface area (Å²) in [7, 11) is 1.26. The number of nitrogens with zero attached hydrogens (tertiary/aromatic N) is 5. The summed E-state index contributed by atoms with van der Waals surface area (Å²) in [5.41, 5.74) is 3.41. The van der Waals surface area contributed by atoms with Crippen molar-refractivity contribution in [2.75, 3.05) is 7.11 Å². The molecule has 1 aliphatic rings. The summed E-state index contributed by atoms with van der Waals surface area (Å²) in [6.07, 6.45) is 2.59. The summed E-state index contributed by atoms with van der Waals surface area (Å²) in [6, 6.07) is 13.0. The Morgan fingerprint density at radius 2 is 1.97 bits per heavy atom. The number of aromatic nitrogens is 6. The van der Waals surface area contributed by atoms with Crippen molar-refractivity contribution in [1.29, 1.82) is 0 Å². The van der Waals surface area contributed by atoms with Gasteiger partial charge < -0.3 is 25.5 Å². The molecule has 13 nitrogen and oxygen atoms in total. The van der Waals surface area contributed by atoms with E-state index in [1.807, 2.05) is 24.3 Å². The van der Waals surface area contributed by atoms with E-state index in [9.17, 15) is 20.0 Å². The van der Waals surface area contributed by atoms with Crippen molar-refractivity contribution >= 4 is 22.8 Å². The van der Waals surface area contributed by atoms with E-state index >= 15 is 0 Å². The van der Waals surface area contributed by atoms with Crippen LogP contribution in [0, 0.1) is 10.4 Å². The number of hydrogen-bond donors (Lipinski definition) is 2. The molecule has 2 aromatic carbocycles. The number of carbonyl (C=O) groups is 2. The number of amides is 1. The van der Waals surface area contributed by atoms with Gasteiger partial charge in [0.1, 0.15) is 11.7 Å². The summed E-state index contributed by atoms with van der Waals surface area (Å²) in [4.78, 5) is 30.9. The van der Waals surface area contributed by atoms with E-state index in [-0.39, 0.29) is 36.2 Å². The van der Waals surface area contributed by atoms with Gasteiger partial charge in [-0.25, -0.2) is 4.79 Å². The van der Waals surface area contributed by atoms with E-state index in [0.717, 1.165) is 21.3 Å². The van der Waals surface area contributed by atoms with E-state index in [2.05, 4.69) is 25.2 Å². The molecule has 0 unspecified atom stereocenters. The van der Waals surface area contributed by atoms with Crippen molar-refractivity contribution in [1.82, 2.24) is 25.4 Å². The molecule has 3 heterocycles. The van der Waals surface area contributed by atoms with E-state index < -0.39 is 17.9 Å². The highest BCUT2D eigenvalue weighted by Gasteiger charge is 2.39. The average Bonchev–Trinajstić information content (AvgIpc) is 3.63. The minimum absolute atomic E-state index is 0.211. The van der Waals surface area contributed by atoms with Crippen LogP contribution in [0.15, 0.2) is 59.4 Å². The van der Waals surface area contributed by atoms with Crippen molar-refractivity contribution < 1.29 is 28.7 Å². The first-order valence-electron chi connectivity index (χ1n) is 11.8. The van der Waals surface area contributed by atoms with Crippen LogP contribution in [-0.2, 0) is 28.8 Å². The summed E-state index contributed by atoms with van der Waals surface area (Å²) in [5.74, 6) is -1.11. The summed E-state index contributed by atoms with van der Waals surface area (Å²) >= 11 is 0. The Hall–Kier alpha value is -5.20. The number of carbonyl (C=O) groups excluding carboxylic acids is 2. The normalized spacial score (nSPS) is 13.1. The predicted molar refractivity (Wildman–Crippen MR) is 130 cm³/mol. The molecule has 192 valence electrons. The molecule has 0 aliphatic heterocycles. The smallest absolute Gasteiger partial charge is 0.328 e. The van der Waals surface area contributed by atoms with Crippen LogP contribution in [0.1, 0.15) is 27.3 Å². The zero-order valence-electron chi connectivity index (χ0n) is 20.1. The number of rotatable bonds is 6. The van der Waals surface area contributed by atoms with Gasteiger partial charge in [-0.1, -0.05) is 24.3 Å². The van der Waals surface area contributed by atoms with Crippen LogP contribution in [0.4, 0.5) is 0 Å². The number of aromatic amines is 1. The highest BCUT2D eigenvalue weighted by atomic mass is 16.8. The van der Waals surface area contributed by atoms with Gasteiger partial charge in [0.15, 0.2) is 5.69 Å². The summed E-state index contributed by atoms with van der Waals surface area (Å²) < 4.78 is 9.60. The number of hydrogen-bond acceptors (Lipinski definition) is 8. The molecule has 1 atom stereocenters. The highest BCUT2D eigenvalue weighted by Crippen LogP contribution is 2.27. The lowest BCUT2D eigenvalue weighted by atomic mass is 10.0. The Kier molecular flexibility index (Phi) is 5.52. The number of para-hydroxylation sites is 1. The second-order valence-corrected chi connectivity index (χ2v) is 8.85. The van der Waals surface area contributed by atoms with Crippen molar-refractivity contribution in [3.8, 4) is 17.1 Å². The fraction of sp³-hybridized carbons (Fsp3) is 0.200. The average molecular weight is 515 g/mol. The molecule has 38 heavy (non-hydrogen) atoms. The number of nitrogens with one attached hydrogen (secondary N) is 2. The fourth-order valence-electron chi connectivity index (χ4n) is 4.72. The maximum absolute atomic E-state index is 13.2. The molecule has 3 aromatic heterocycles. The molecule has 1 aliphatic carbocycles. The molecule has 0 saturated heterocycles. The SMILES string of the molecule is COC(=O)[C@H](Cc1c[nH]c2ccccc12)NC(=O)c1cccc(-n2nc3c([n+]2[O-])CCc2c-3no[n+]2[O-])c1. The molecular weight excluding hydrogens is 494 g/mol. The van der Waals surface area contributed by atoms with Crippen LogP contribution in [-0.4, -0.2) is 45.1 Å². The molecule has 13 heteroatoms. The van der Waals surface area contributed by atoms with E-state index in [4.69, 9.17) is 4.74 Å². The van der Waals surface area contributed by atoms with Gasteiger partial charge in [0, 0.05) is 41.9 Å². The number of fused-ring (bicyclic) bond motifs is 4. The lowest BCUT2D eigenvalue weighted by molar-refractivity contribution is -0.808. The Balaban J connectivity index is 1.28.